The molecular weight excluding hydrogens is 286 g/mol. The first-order valence-corrected chi connectivity index (χ1v) is 7.30. The zero-order valence-electron chi connectivity index (χ0n) is 11.4. The lowest BCUT2D eigenvalue weighted by molar-refractivity contribution is -0.115. The molecule has 0 saturated heterocycles. The average Bonchev–Trinajstić information content (AvgIpc) is 3.09. The van der Waals surface area contributed by atoms with Crippen molar-refractivity contribution in [1.29, 1.82) is 0 Å². The number of oxazole rings is 1. The van der Waals surface area contributed by atoms with E-state index >= 15 is 0 Å². The number of aromatic nitrogens is 2. The lowest BCUT2D eigenvalue weighted by Gasteiger charge is -1.98. The summed E-state index contributed by atoms with van der Waals surface area (Å²) in [7, 11) is 0. The zero-order chi connectivity index (χ0) is 14.7. The molecule has 0 radical (unpaired) electrons. The molecule has 0 spiro atoms. The van der Waals surface area contributed by atoms with Crippen LogP contribution < -0.4 is 5.32 Å². The molecule has 0 bridgehead atoms. The van der Waals surface area contributed by atoms with Crippen LogP contribution >= 0.6 is 11.3 Å². The van der Waals surface area contributed by atoms with Gasteiger partial charge in [-0.25, -0.2) is 9.97 Å². The average molecular weight is 299 g/mol. The molecule has 0 saturated carbocycles. The number of amides is 1. The van der Waals surface area contributed by atoms with Gasteiger partial charge in [-0.1, -0.05) is 18.2 Å². The van der Waals surface area contributed by atoms with E-state index in [2.05, 4.69) is 15.3 Å². The monoisotopic (exact) mass is 299 g/mol. The van der Waals surface area contributed by atoms with Crippen LogP contribution in [0.4, 0.5) is 5.13 Å². The van der Waals surface area contributed by atoms with E-state index in [1.807, 2.05) is 42.6 Å². The summed E-state index contributed by atoms with van der Waals surface area (Å²) in [4.78, 5) is 20.4. The maximum Gasteiger partial charge on any atom is 0.232 e. The number of nitrogens with zero attached hydrogens (tertiary/aromatic N) is 2. The molecule has 1 N–H and O–H groups in total. The van der Waals surface area contributed by atoms with Crippen molar-refractivity contribution in [3.05, 3.63) is 53.4 Å². The summed E-state index contributed by atoms with van der Waals surface area (Å²) in [6.07, 6.45) is 1.67. The lowest BCUT2D eigenvalue weighted by atomic mass is 10.2. The Morgan fingerprint density at radius 2 is 2.10 bits per heavy atom. The van der Waals surface area contributed by atoms with Crippen molar-refractivity contribution in [3.8, 4) is 11.5 Å². The lowest BCUT2D eigenvalue weighted by Crippen LogP contribution is -2.14. The fraction of sp³-hybridized carbons (Fsp3) is 0.133. The quantitative estimate of drug-likeness (QED) is 0.802. The topological polar surface area (TPSA) is 68.0 Å². The van der Waals surface area contributed by atoms with Gasteiger partial charge in [0.15, 0.2) is 5.13 Å². The highest BCUT2D eigenvalue weighted by atomic mass is 32.1. The molecule has 106 valence electrons. The number of benzene rings is 1. The van der Waals surface area contributed by atoms with Crippen LogP contribution in [0.2, 0.25) is 0 Å². The first-order chi connectivity index (χ1) is 10.2. The number of nitrogens with one attached hydrogen (secondary N) is 1. The molecule has 0 aliphatic heterocycles. The Morgan fingerprint density at radius 1 is 1.29 bits per heavy atom. The molecule has 5 nitrogen and oxygen atoms in total. The van der Waals surface area contributed by atoms with E-state index in [4.69, 9.17) is 4.42 Å². The zero-order valence-corrected chi connectivity index (χ0v) is 12.2. The Morgan fingerprint density at radius 3 is 2.81 bits per heavy atom. The number of thiazole rings is 1. The fourth-order valence-corrected chi connectivity index (χ4v) is 2.55. The van der Waals surface area contributed by atoms with E-state index in [-0.39, 0.29) is 12.3 Å². The van der Waals surface area contributed by atoms with E-state index in [9.17, 15) is 4.79 Å². The van der Waals surface area contributed by atoms with E-state index < -0.39 is 0 Å². The third-order valence-electron chi connectivity index (χ3n) is 2.78. The highest BCUT2D eigenvalue weighted by Gasteiger charge is 2.11. The van der Waals surface area contributed by atoms with Crippen molar-refractivity contribution in [2.24, 2.45) is 0 Å². The summed E-state index contributed by atoms with van der Waals surface area (Å²) in [6, 6.07) is 9.58. The van der Waals surface area contributed by atoms with Gasteiger partial charge in [0, 0.05) is 10.9 Å². The standard InChI is InChI=1S/C15H13N3O2S/c1-10-9-21-15(16-10)18-13(19)7-12-8-20-14(17-12)11-5-3-2-4-6-11/h2-6,8-9H,7H2,1H3,(H,16,18,19). The molecule has 0 fully saturated rings. The minimum absolute atomic E-state index is 0.155. The highest BCUT2D eigenvalue weighted by Crippen LogP contribution is 2.19. The first kappa shape index (κ1) is 13.5. The van der Waals surface area contributed by atoms with Crippen molar-refractivity contribution < 1.29 is 9.21 Å². The Hall–Kier alpha value is -2.47. The van der Waals surface area contributed by atoms with Crippen LogP contribution in [-0.2, 0) is 11.2 Å². The highest BCUT2D eigenvalue weighted by molar-refractivity contribution is 7.13. The molecule has 2 heterocycles. The molecule has 1 amide bonds. The van der Waals surface area contributed by atoms with Gasteiger partial charge in [-0.15, -0.1) is 11.3 Å². The van der Waals surface area contributed by atoms with Crippen LogP contribution in [0.1, 0.15) is 11.4 Å². The number of carbonyl (C=O) groups excluding carboxylic acids is 1. The van der Waals surface area contributed by atoms with Crippen molar-refractivity contribution in [1.82, 2.24) is 9.97 Å². The third-order valence-corrected chi connectivity index (χ3v) is 3.66. The molecule has 1 aromatic carbocycles. The van der Waals surface area contributed by atoms with Gasteiger partial charge in [0.2, 0.25) is 11.8 Å². The number of rotatable bonds is 4. The molecule has 21 heavy (non-hydrogen) atoms. The predicted molar refractivity (Wildman–Crippen MR) is 81.1 cm³/mol. The van der Waals surface area contributed by atoms with Crippen molar-refractivity contribution in [3.63, 3.8) is 0 Å². The Kier molecular flexibility index (Phi) is 3.79. The number of carbonyl (C=O) groups is 1. The molecule has 0 aliphatic carbocycles. The number of aryl methyl sites for hydroxylation is 1. The van der Waals surface area contributed by atoms with Crippen LogP contribution in [0.25, 0.3) is 11.5 Å². The molecule has 3 rings (SSSR count). The van der Waals surface area contributed by atoms with Crippen LogP contribution in [0, 0.1) is 6.92 Å². The smallest absolute Gasteiger partial charge is 0.232 e. The number of hydrogen-bond donors (Lipinski definition) is 1. The summed E-state index contributed by atoms with van der Waals surface area (Å²) in [5.41, 5.74) is 2.38. The van der Waals surface area contributed by atoms with E-state index in [0.29, 0.717) is 16.7 Å². The van der Waals surface area contributed by atoms with E-state index in [1.54, 1.807) is 0 Å². The third kappa shape index (κ3) is 3.35. The van der Waals surface area contributed by atoms with Crippen molar-refractivity contribution in [2.45, 2.75) is 13.3 Å². The van der Waals surface area contributed by atoms with Crippen molar-refractivity contribution in [2.75, 3.05) is 5.32 Å². The second-order valence-electron chi connectivity index (χ2n) is 4.53. The molecule has 0 atom stereocenters. The normalized spacial score (nSPS) is 10.5. The van der Waals surface area contributed by atoms with Crippen LogP contribution in [-0.4, -0.2) is 15.9 Å². The molecule has 6 heteroatoms. The molecule has 0 unspecified atom stereocenters. The van der Waals surface area contributed by atoms with Gasteiger partial charge in [-0.05, 0) is 19.1 Å². The summed E-state index contributed by atoms with van der Waals surface area (Å²) in [5.74, 6) is 0.362. The maximum atomic E-state index is 11.9. The fourth-order valence-electron chi connectivity index (χ4n) is 1.84. The second kappa shape index (κ2) is 5.88. The Balaban J connectivity index is 1.66. The largest absolute Gasteiger partial charge is 0.444 e. The van der Waals surface area contributed by atoms with Gasteiger partial charge in [-0.2, -0.15) is 0 Å². The summed E-state index contributed by atoms with van der Waals surface area (Å²) in [6.45, 7) is 1.88. The van der Waals surface area contributed by atoms with Crippen molar-refractivity contribution >= 4 is 22.4 Å². The number of anilines is 1. The number of hydrogen-bond acceptors (Lipinski definition) is 5. The summed E-state index contributed by atoms with van der Waals surface area (Å²) in [5, 5.41) is 5.24. The Bertz CT molecular complexity index is 749. The first-order valence-electron chi connectivity index (χ1n) is 6.42. The van der Waals surface area contributed by atoms with Gasteiger partial charge >= 0.3 is 0 Å². The van der Waals surface area contributed by atoms with Crippen LogP contribution in [0.5, 0.6) is 0 Å². The van der Waals surface area contributed by atoms with Crippen LogP contribution in [0.3, 0.4) is 0 Å². The Labute approximate surface area is 125 Å². The predicted octanol–water partition coefficient (Wildman–Crippen LogP) is 3.29. The molecular formula is C15H13N3O2S. The van der Waals surface area contributed by atoms with E-state index in [0.717, 1.165) is 11.3 Å². The van der Waals surface area contributed by atoms with Gasteiger partial charge in [0.25, 0.3) is 0 Å². The maximum absolute atomic E-state index is 11.9. The van der Waals surface area contributed by atoms with Crippen LogP contribution in [0.15, 0.2) is 46.4 Å². The molecule has 0 aliphatic rings. The molecule has 3 aromatic rings. The van der Waals surface area contributed by atoms with Gasteiger partial charge < -0.3 is 9.73 Å². The van der Waals surface area contributed by atoms with Gasteiger partial charge in [0.05, 0.1) is 17.8 Å². The SMILES string of the molecule is Cc1csc(NC(=O)Cc2coc(-c3ccccc3)n2)n1. The second-order valence-corrected chi connectivity index (χ2v) is 5.39. The van der Waals surface area contributed by atoms with Gasteiger partial charge in [0.1, 0.15) is 6.26 Å². The molecule has 2 aromatic heterocycles. The summed E-state index contributed by atoms with van der Waals surface area (Å²) < 4.78 is 5.40. The minimum Gasteiger partial charge on any atom is -0.444 e. The summed E-state index contributed by atoms with van der Waals surface area (Å²) >= 11 is 1.40. The van der Waals surface area contributed by atoms with Gasteiger partial charge in [-0.3, -0.25) is 4.79 Å². The minimum atomic E-state index is -0.155. The van der Waals surface area contributed by atoms with E-state index in [1.165, 1.54) is 17.6 Å².